The van der Waals surface area contributed by atoms with Gasteiger partial charge < -0.3 is 5.11 Å². The SMILES string of the molecule is CC1CC(O)CP1C. The van der Waals surface area contributed by atoms with E-state index in [4.69, 9.17) is 5.11 Å². The molecular formula is C6H13OP. The summed E-state index contributed by atoms with van der Waals surface area (Å²) >= 11 is 0. The second-order valence-electron chi connectivity index (χ2n) is 2.68. The Kier molecular flexibility index (Phi) is 1.89. The number of hydrogen-bond donors (Lipinski definition) is 1. The highest BCUT2D eigenvalue weighted by Gasteiger charge is 2.25. The van der Waals surface area contributed by atoms with Crippen LogP contribution in [0.5, 0.6) is 0 Å². The van der Waals surface area contributed by atoms with Crippen LogP contribution in [0, 0.1) is 0 Å². The van der Waals surface area contributed by atoms with Gasteiger partial charge in [-0.25, -0.2) is 0 Å². The average molecular weight is 132 g/mol. The molecule has 0 amide bonds. The molecule has 0 spiro atoms. The van der Waals surface area contributed by atoms with E-state index in [1.165, 1.54) is 0 Å². The molecule has 3 atom stereocenters. The molecule has 1 saturated heterocycles. The molecule has 1 aliphatic heterocycles. The van der Waals surface area contributed by atoms with Crippen LogP contribution in [0.1, 0.15) is 13.3 Å². The summed E-state index contributed by atoms with van der Waals surface area (Å²) in [5.74, 6) is 0. The number of aliphatic hydroxyl groups excluding tert-OH is 1. The van der Waals surface area contributed by atoms with Gasteiger partial charge in [0.2, 0.25) is 0 Å². The zero-order valence-electron chi connectivity index (χ0n) is 5.46. The first kappa shape index (κ1) is 6.51. The zero-order chi connectivity index (χ0) is 6.15. The van der Waals surface area contributed by atoms with Gasteiger partial charge >= 0.3 is 0 Å². The van der Waals surface area contributed by atoms with E-state index in [9.17, 15) is 0 Å². The molecule has 3 unspecified atom stereocenters. The second kappa shape index (κ2) is 2.33. The largest absolute Gasteiger partial charge is 0.393 e. The summed E-state index contributed by atoms with van der Waals surface area (Å²) in [6.07, 6.45) is 2.15. The summed E-state index contributed by atoms with van der Waals surface area (Å²) in [5, 5.41) is 9.09. The van der Waals surface area contributed by atoms with Gasteiger partial charge in [-0.05, 0) is 24.9 Å². The number of aliphatic hydroxyl groups is 1. The minimum absolute atomic E-state index is 0.0288. The lowest BCUT2D eigenvalue weighted by molar-refractivity contribution is 0.197. The van der Waals surface area contributed by atoms with Crippen LogP contribution in [0.3, 0.4) is 0 Å². The maximum atomic E-state index is 9.09. The first-order valence-electron chi connectivity index (χ1n) is 3.08. The van der Waals surface area contributed by atoms with E-state index >= 15 is 0 Å². The van der Waals surface area contributed by atoms with Gasteiger partial charge in [-0.1, -0.05) is 6.92 Å². The first-order chi connectivity index (χ1) is 3.70. The van der Waals surface area contributed by atoms with Gasteiger partial charge in [-0.3, -0.25) is 0 Å². The lowest BCUT2D eigenvalue weighted by atomic mass is 10.2. The summed E-state index contributed by atoms with van der Waals surface area (Å²) in [6, 6.07) is 0. The summed E-state index contributed by atoms with van der Waals surface area (Å²) < 4.78 is 0. The molecule has 1 heterocycles. The summed E-state index contributed by atoms with van der Waals surface area (Å²) in [5.41, 5.74) is 0.806. The highest BCUT2D eigenvalue weighted by molar-refractivity contribution is 7.58. The molecule has 0 aliphatic carbocycles. The smallest absolute Gasteiger partial charge is 0.0585 e. The van der Waals surface area contributed by atoms with Crippen LogP contribution in [0.4, 0.5) is 0 Å². The number of rotatable bonds is 0. The van der Waals surface area contributed by atoms with Crippen molar-refractivity contribution in [3.8, 4) is 0 Å². The van der Waals surface area contributed by atoms with Crippen LogP contribution < -0.4 is 0 Å². The average Bonchev–Trinajstić information content (AvgIpc) is 1.85. The van der Waals surface area contributed by atoms with Crippen molar-refractivity contribution in [3.05, 3.63) is 0 Å². The fourth-order valence-electron chi connectivity index (χ4n) is 1.16. The maximum Gasteiger partial charge on any atom is 0.0585 e. The Morgan fingerprint density at radius 2 is 2.25 bits per heavy atom. The Bertz CT molecular complexity index is 74.6. The standard InChI is InChI=1S/C6H13OP/c1-5-3-6(7)4-8(5)2/h5-7H,3-4H2,1-2H3. The van der Waals surface area contributed by atoms with Crippen molar-refractivity contribution in [1.29, 1.82) is 0 Å². The molecule has 1 aliphatic rings. The molecule has 0 aromatic rings. The van der Waals surface area contributed by atoms with Gasteiger partial charge in [0.1, 0.15) is 0 Å². The zero-order valence-corrected chi connectivity index (χ0v) is 6.36. The third-order valence-electron chi connectivity index (χ3n) is 1.86. The topological polar surface area (TPSA) is 20.2 Å². The van der Waals surface area contributed by atoms with Crippen molar-refractivity contribution < 1.29 is 5.11 Å². The molecule has 0 aromatic heterocycles. The Hall–Kier alpha value is 0.390. The Morgan fingerprint density at radius 3 is 2.38 bits per heavy atom. The van der Waals surface area contributed by atoms with Crippen molar-refractivity contribution >= 4 is 7.92 Å². The van der Waals surface area contributed by atoms with Gasteiger partial charge in [-0.2, -0.15) is 0 Å². The molecule has 1 fully saturated rings. The Morgan fingerprint density at radius 1 is 1.62 bits per heavy atom. The quantitative estimate of drug-likeness (QED) is 0.492. The van der Waals surface area contributed by atoms with Crippen molar-refractivity contribution in [2.24, 2.45) is 0 Å². The monoisotopic (exact) mass is 132 g/mol. The molecule has 48 valence electrons. The van der Waals surface area contributed by atoms with Crippen molar-refractivity contribution in [2.45, 2.75) is 25.1 Å². The van der Waals surface area contributed by atoms with Crippen LogP contribution in [-0.4, -0.2) is 29.7 Å². The fraction of sp³-hybridized carbons (Fsp3) is 1.00. The van der Waals surface area contributed by atoms with Crippen LogP contribution in [0.25, 0.3) is 0 Å². The van der Waals surface area contributed by atoms with Gasteiger partial charge in [0.15, 0.2) is 0 Å². The van der Waals surface area contributed by atoms with Crippen LogP contribution in [0.2, 0.25) is 0 Å². The van der Waals surface area contributed by atoms with Crippen molar-refractivity contribution in [2.75, 3.05) is 12.8 Å². The van der Waals surface area contributed by atoms with Crippen molar-refractivity contribution in [1.82, 2.24) is 0 Å². The molecule has 0 saturated carbocycles. The molecular weight excluding hydrogens is 119 g/mol. The van der Waals surface area contributed by atoms with Gasteiger partial charge in [0, 0.05) is 0 Å². The molecule has 1 nitrogen and oxygen atoms in total. The number of hydrogen-bond acceptors (Lipinski definition) is 1. The highest BCUT2D eigenvalue weighted by atomic mass is 31.1. The summed E-state index contributed by atoms with van der Waals surface area (Å²) in [7, 11) is 0.184. The molecule has 8 heavy (non-hydrogen) atoms. The predicted molar refractivity (Wildman–Crippen MR) is 37.8 cm³/mol. The Labute approximate surface area is 51.9 Å². The lowest BCUT2D eigenvalue weighted by Crippen LogP contribution is -2.03. The van der Waals surface area contributed by atoms with Crippen molar-refractivity contribution in [3.63, 3.8) is 0 Å². The van der Waals surface area contributed by atoms with Gasteiger partial charge in [0.05, 0.1) is 6.10 Å². The van der Waals surface area contributed by atoms with E-state index in [-0.39, 0.29) is 14.0 Å². The van der Waals surface area contributed by atoms with E-state index in [1.807, 2.05) is 0 Å². The Balaban J connectivity index is 2.39. The summed E-state index contributed by atoms with van der Waals surface area (Å²) in [4.78, 5) is 0. The summed E-state index contributed by atoms with van der Waals surface area (Å²) in [6.45, 7) is 4.51. The minimum atomic E-state index is 0.0288. The predicted octanol–water partition coefficient (Wildman–Crippen LogP) is 1.25. The molecule has 2 heteroatoms. The second-order valence-corrected chi connectivity index (χ2v) is 5.44. The molecule has 0 aromatic carbocycles. The van der Waals surface area contributed by atoms with Gasteiger partial charge in [0.25, 0.3) is 0 Å². The van der Waals surface area contributed by atoms with Crippen LogP contribution in [-0.2, 0) is 0 Å². The van der Waals surface area contributed by atoms with E-state index in [0.29, 0.717) is 0 Å². The fourth-order valence-corrected chi connectivity index (χ4v) is 2.94. The first-order valence-corrected chi connectivity index (χ1v) is 5.13. The van der Waals surface area contributed by atoms with E-state index in [2.05, 4.69) is 13.6 Å². The maximum absolute atomic E-state index is 9.09. The normalized spacial score (nSPS) is 47.6. The molecule has 1 rings (SSSR count). The van der Waals surface area contributed by atoms with Crippen LogP contribution in [0.15, 0.2) is 0 Å². The highest BCUT2D eigenvalue weighted by Crippen LogP contribution is 2.45. The molecule has 0 radical (unpaired) electrons. The van der Waals surface area contributed by atoms with E-state index < -0.39 is 0 Å². The van der Waals surface area contributed by atoms with Gasteiger partial charge in [-0.15, -0.1) is 7.92 Å². The third kappa shape index (κ3) is 1.21. The molecule has 1 N–H and O–H groups in total. The third-order valence-corrected chi connectivity index (χ3v) is 4.58. The van der Waals surface area contributed by atoms with Crippen LogP contribution >= 0.6 is 7.92 Å². The lowest BCUT2D eigenvalue weighted by Gasteiger charge is -2.05. The molecule has 0 bridgehead atoms. The van der Waals surface area contributed by atoms with E-state index in [1.54, 1.807) is 0 Å². The van der Waals surface area contributed by atoms with E-state index in [0.717, 1.165) is 18.2 Å². The minimum Gasteiger partial charge on any atom is -0.393 e.